The van der Waals surface area contributed by atoms with Crippen LogP contribution in [0.5, 0.6) is 0 Å². The smallest absolute Gasteiger partial charge is 0.269 e. The number of nitro benzene ring substituents is 1. The Kier molecular flexibility index (Phi) is 4.82. The summed E-state index contributed by atoms with van der Waals surface area (Å²) in [7, 11) is 0. The summed E-state index contributed by atoms with van der Waals surface area (Å²) in [6.07, 6.45) is 0. The maximum atomic E-state index is 13.2. The lowest BCUT2D eigenvalue weighted by molar-refractivity contribution is -0.384. The second-order valence-electron chi connectivity index (χ2n) is 6.15. The molecule has 0 fully saturated rings. The zero-order chi connectivity index (χ0) is 19.5. The van der Waals surface area contributed by atoms with Crippen molar-refractivity contribution in [1.29, 1.82) is 0 Å². The Balaban J connectivity index is 1.73. The Labute approximate surface area is 164 Å². The molecule has 0 spiro atoms. The van der Waals surface area contributed by atoms with Crippen molar-refractivity contribution in [1.82, 2.24) is 4.98 Å². The van der Waals surface area contributed by atoms with Gasteiger partial charge in [0.15, 0.2) is 5.13 Å². The van der Waals surface area contributed by atoms with Crippen molar-refractivity contribution in [3.8, 4) is 0 Å². The predicted molar refractivity (Wildman–Crippen MR) is 110 cm³/mol. The number of nitrogens with zero attached hydrogens (tertiary/aromatic N) is 3. The normalized spacial score (nSPS) is 10.7. The molecule has 0 aliphatic rings. The van der Waals surface area contributed by atoms with Gasteiger partial charge >= 0.3 is 0 Å². The lowest BCUT2D eigenvalue weighted by Crippen LogP contribution is -2.30. The first-order chi connectivity index (χ1) is 13.6. The maximum absolute atomic E-state index is 13.2. The van der Waals surface area contributed by atoms with Crippen molar-refractivity contribution in [3.63, 3.8) is 0 Å². The van der Waals surface area contributed by atoms with Gasteiger partial charge in [-0.05, 0) is 29.8 Å². The van der Waals surface area contributed by atoms with Gasteiger partial charge in [-0.3, -0.25) is 19.8 Å². The van der Waals surface area contributed by atoms with E-state index in [1.165, 1.54) is 35.6 Å². The summed E-state index contributed by atoms with van der Waals surface area (Å²) in [5.41, 5.74) is 2.13. The topological polar surface area (TPSA) is 76.3 Å². The highest BCUT2D eigenvalue weighted by Gasteiger charge is 2.22. The molecule has 0 atom stereocenters. The number of carbonyl (C=O) groups excluding carboxylic acids is 1. The molecule has 0 N–H and O–H groups in total. The number of hydrogen-bond donors (Lipinski definition) is 0. The summed E-state index contributed by atoms with van der Waals surface area (Å²) in [5.74, 6) is -0.252. The van der Waals surface area contributed by atoms with Crippen LogP contribution < -0.4 is 4.90 Å². The Morgan fingerprint density at radius 1 is 0.964 bits per heavy atom. The van der Waals surface area contributed by atoms with Crippen molar-refractivity contribution in [2.24, 2.45) is 0 Å². The average molecular weight is 389 g/mol. The number of amides is 1. The van der Waals surface area contributed by atoms with Crippen LogP contribution in [0.1, 0.15) is 15.9 Å². The molecule has 0 unspecified atom stereocenters. The fourth-order valence-corrected chi connectivity index (χ4v) is 3.81. The molecular formula is C21H15N3O3S. The molecule has 1 aromatic heterocycles. The Bertz CT molecular complexity index is 1110. The van der Waals surface area contributed by atoms with Gasteiger partial charge in [0.1, 0.15) is 0 Å². The molecule has 6 nitrogen and oxygen atoms in total. The molecular weight excluding hydrogens is 374 g/mol. The SMILES string of the molecule is O=C(c1ccc([N+](=O)[O-])cc1)N(Cc1ccccc1)c1nc2ccccc2s1. The zero-order valence-electron chi connectivity index (χ0n) is 14.7. The molecule has 28 heavy (non-hydrogen) atoms. The number of anilines is 1. The van der Waals surface area contributed by atoms with E-state index in [1.807, 2.05) is 54.6 Å². The van der Waals surface area contributed by atoms with Gasteiger partial charge in [0.2, 0.25) is 0 Å². The molecule has 1 heterocycles. The van der Waals surface area contributed by atoms with Crippen LogP contribution in [0.2, 0.25) is 0 Å². The quantitative estimate of drug-likeness (QED) is 0.353. The number of benzene rings is 3. The van der Waals surface area contributed by atoms with E-state index in [-0.39, 0.29) is 11.6 Å². The molecule has 0 saturated carbocycles. The van der Waals surface area contributed by atoms with E-state index in [9.17, 15) is 14.9 Å². The number of rotatable bonds is 5. The minimum absolute atomic E-state index is 0.0499. The molecule has 0 saturated heterocycles. The second kappa shape index (κ2) is 7.58. The number of non-ortho nitro benzene ring substituents is 1. The minimum atomic E-state index is -0.483. The van der Waals surface area contributed by atoms with Crippen LogP contribution in [0.25, 0.3) is 10.2 Å². The van der Waals surface area contributed by atoms with E-state index in [0.717, 1.165) is 15.8 Å². The van der Waals surface area contributed by atoms with Gasteiger partial charge in [-0.15, -0.1) is 0 Å². The highest BCUT2D eigenvalue weighted by atomic mass is 32.1. The van der Waals surface area contributed by atoms with Gasteiger partial charge in [0.05, 0.1) is 21.7 Å². The Morgan fingerprint density at radius 3 is 2.32 bits per heavy atom. The predicted octanol–water partition coefficient (Wildman–Crippen LogP) is 5.05. The van der Waals surface area contributed by atoms with Gasteiger partial charge in [-0.2, -0.15) is 0 Å². The van der Waals surface area contributed by atoms with Crippen LogP contribution in [0.15, 0.2) is 78.9 Å². The average Bonchev–Trinajstić information content (AvgIpc) is 3.16. The number of fused-ring (bicyclic) bond motifs is 1. The molecule has 3 aromatic carbocycles. The summed E-state index contributed by atoms with van der Waals surface area (Å²) in [4.78, 5) is 29.9. The van der Waals surface area contributed by atoms with Gasteiger partial charge in [0.25, 0.3) is 11.6 Å². The number of para-hydroxylation sites is 1. The first-order valence-electron chi connectivity index (χ1n) is 8.57. The van der Waals surface area contributed by atoms with Crippen molar-refractivity contribution >= 4 is 38.3 Å². The van der Waals surface area contributed by atoms with Crippen LogP contribution in [0, 0.1) is 10.1 Å². The first kappa shape index (κ1) is 17.8. The number of hydrogen-bond acceptors (Lipinski definition) is 5. The second-order valence-corrected chi connectivity index (χ2v) is 7.15. The number of carbonyl (C=O) groups is 1. The van der Waals surface area contributed by atoms with Gasteiger partial charge < -0.3 is 0 Å². The van der Waals surface area contributed by atoms with Crippen molar-refractivity contribution < 1.29 is 9.72 Å². The Hall–Kier alpha value is -3.58. The summed E-state index contributed by atoms with van der Waals surface area (Å²) >= 11 is 1.44. The van der Waals surface area contributed by atoms with Crippen molar-refractivity contribution in [2.75, 3.05) is 4.90 Å². The van der Waals surface area contributed by atoms with E-state index in [2.05, 4.69) is 4.98 Å². The van der Waals surface area contributed by atoms with Crippen LogP contribution in [-0.4, -0.2) is 15.8 Å². The maximum Gasteiger partial charge on any atom is 0.269 e. The van der Waals surface area contributed by atoms with Crippen LogP contribution in [0.4, 0.5) is 10.8 Å². The van der Waals surface area contributed by atoms with Crippen LogP contribution >= 0.6 is 11.3 Å². The third kappa shape index (κ3) is 3.60. The van der Waals surface area contributed by atoms with Crippen molar-refractivity contribution in [2.45, 2.75) is 6.54 Å². The van der Waals surface area contributed by atoms with Crippen LogP contribution in [0.3, 0.4) is 0 Å². The van der Waals surface area contributed by atoms with E-state index in [4.69, 9.17) is 0 Å². The van der Waals surface area contributed by atoms with E-state index >= 15 is 0 Å². The molecule has 0 aliphatic carbocycles. The Morgan fingerprint density at radius 2 is 1.64 bits per heavy atom. The summed E-state index contributed by atoms with van der Waals surface area (Å²) < 4.78 is 0.993. The molecule has 138 valence electrons. The molecule has 1 amide bonds. The summed E-state index contributed by atoms with van der Waals surface area (Å²) in [5, 5.41) is 11.5. The standard InChI is InChI=1S/C21H15N3O3S/c25-20(16-10-12-17(13-11-16)24(26)27)23(14-15-6-2-1-3-7-15)21-22-18-8-4-5-9-19(18)28-21/h1-13H,14H2. The van der Waals surface area contributed by atoms with Crippen LogP contribution in [-0.2, 0) is 6.54 Å². The largest absolute Gasteiger partial charge is 0.279 e. The number of aromatic nitrogens is 1. The molecule has 0 bridgehead atoms. The molecule has 7 heteroatoms. The molecule has 0 aliphatic heterocycles. The lowest BCUT2D eigenvalue weighted by atomic mass is 10.1. The highest BCUT2D eigenvalue weighted by Crippen LogP contribution is 2.31. The monoisotopic (exact) mass is 389 g/mol. The highest BCUT2D eigenvalue weighted by molar-refractivity contribution is 7.22. The zero-order valence-corrected chi connectivity index (χ0v) is 15.5. The van der Waals surface area contributed by atoms with Crippen molar-refractivity contribution in [3.05, 3.63) is 100 Å². The van der Waals surface area contributed by atoms with E-state index in [0.29, 0.717) is 17.2 Å². The third-order valence-corrected chi connectivity index (χ3v) is 5.33. The van der Waals surface area contributed by atoms with Gasteiger partial charge in [-0.1, -0.05) is 53.8 Å². The lowest BCUT2D eigenvalue weighted by Gasteiger charge is -2.20. The summed E-state index contributed by atoms with van der Waals surface area (Å²) in [6, 6.07) is 23.0. The fraction of sp³-hybridized carbons (Fsp3) is 0.0476. The summed E-state index contributed by atoms with van der Waals surface area (Å²) in [6.45, 7) is 0.358. The number of thiazole rings is 1. The molecule has 4 rings (SSSR count). The number of nitro groups is 1. The van der Waals surface area contributed by atoms with E-state index in [1.54, 1.807) is 4.90 Å². The van der Waals surface area contributed by atoms with E-state index < -0.39 is 4.92 Å². The van der Waals surface area contributed by atoms with Gasteiger partial charge in [-0.25, -0.2) is 4.98 Å². The molecule has 0 radical (unpaired) electrons. The van der Waals surface area contributed by atoms with Gasteiger partial charge in [0, 0.05) is 17.7 Å². The third-order valence-electron chi connectivity index (χ3n) is 4.27. The fourth-order valence-electron chi connectivity index (χ4n) is 2.85. The first-order valence-corrected chi connectivity index (χ1v) is 9.39. The minimum Gasteiger partial charge on any atom is -0.279 e. The molecule has 4 aromatic rings.